The normalized spacial score (nSPS) is 12.7. The molecule has 0 aromatic heterocycles. The van der Waals surface area contributed by atoms with E-state index in [-0.39, 0.29) is 0 Å². The summed E-state index contributed by atoms with van der Waals surface area (Å²) in [6, 6.07) is 8.50. The average Bonchev–Trinajstić information content (AvgIpc) is 2.43. The minimum Gasteiger partial charge on any atom is -0.494 e. The van der Waals surface area contributed by atoms with E-state index in [1.54, 1.807) is 0 Å². The highest BCUT2D eigenvalue weighted by atomic mass is 16.5. The van der Waals surface area contributed by atoms with Crippen molar-refractivity contribution in [2.24, 2.45) is 11.8 Å². The molecule has 1 atom stereocenters. The van der Waals surface area contributed by atoms with E-state index in [4.69, 9.17) is 10.6 Å². The first-order valence-corrected chi connectivity index (χ1v) is 7.35. The molecule has 0 amide bonds. The molecular formula is C16H28N2O. The van der Waals surface area contributed by atoms with E-state index in [0.717, 1.165) is 24.5 Å². The van der Waals surface area contributed by atoms with Gasteiger partial charge in [-0.05, 0) is 43.4 Å². The quantitative estimate of drug-likeness (QED) is 0.530. The minimum atomic E-state index is 0.342. The number of hydrogen-bond acceptors (Lipinski definition) is 3. The Balaban J connectivity index is 2.33. The Kier molecular flexibility index (Phi) is 7.53. The number of nitrogens with two attached hydrogens (primary N) is 1. The lowest BCUT2D eigenvalue weighted by Gasteiger charge is -2.21. The summed E-state index contributed by atoms with van der Waals surface area (Å²) < 4.78 is 5.77. The van der Waals surface area contributed by atoms with Gasteiger partial charge in [-0.2, -0.15) is 0 Å². The summed E-state index contributed by atoms with van der Waals surface area (Å²) >= 11 is 0. The number of aryl methyl sites for hydroxylation is 1. The van der Waals surface area contributed by atoms with Crippen molar-refractivity contribution in [3.63, 3.8) is 0 Å². The van der Waals surface area contributed by atoms with Crippen LogP contribution < -0.4 is 16.0 Å². The molecule has 0 saturated carbocycles. The minimum absolute atomic E-state index is 0.342. The van der Waals surface area contributed by atoms with Crippen molar-refractivity contribution in [1.29, 1.82) is 0 Å². The zero-order chi connectivity index (χ0) is 14.1. The van der Waals surface area contributed by atoms with Crippen LogP contribution in [0.15, 0.2) is 24.3 Å². The molecule has 0 heterocycles. The van der Waals surface area contributed by atoms with Crippen LogP contribution in [0.4, 0.5) is 0 Å². The van der Waals surface area contributed by atoms with Gasteiger partial charge in [-0.3, -0.25) is 11.3 Å². The van der Waals surface area contributed by atoms with Crippen molar-refractivity contribution in [3.05, 3.63) is 29.8 Å². The van der Waals surface area contributed by atoms with Crippen LogP contribution in [0.25, 0.3) is 0 Å². The number of rotatable bonds is 9. The molecular weight excluding hydrogens is 236 g/mol. The summed E-state index contributed by atoms with van der Waals surface area (Å²) in [5.74, 6) is 7.32. The lowest BCUT2D eigenvalue weighted by atomic mass is 9.94. The van der Waals surface area contributed by atoms with Crippen LogP contribution in [0.1, 0.15) is 45.1 Å². The van der Waals surface area contributed by atoms with Crippen molar-refractivity contribution in [3.8, 4) is 5.75 Å². The van der Waals surface area contributed by atoms with Crippen LogP contribution in [-0.2, 0) is 0 Å². The SMILES string of the molecule is CCC(CC)CC(CCOc1cccc(C)c1)NN. The molecule has 0 aliphatic carbocycles. The van der Waals surface area contributed by atoms with Gasteiger partial charge in [0, 0.05) is 6.04 Å². The van der Waals surface area contributed by atoms with Gasteiger partial charge in [0.05, 0.1) is 6.61 Å². The second-order valence-corrected chi connectivity index (χ2v) is 5.24. The molecule has 0 aliphatic heterocycles. The smallest absolute Gasteiger partial charge is 0.119 e. The lowest BCUT2D eigenvalue weighted by Crippen LogP contribution is -2.37. The molecule has 0 bridgehead atoms. The molecule has 19 heavy (non-hydrogen) atoms. The zero-order valence-electron chi connectivity index (χ0n) is 12.5. The maximum absolute atomic E-state index is 5.77. The molecule has 0 saturated heterocycles. The van der Waals surface area contributed by atoms with E-state index < -0.39 is 0 Å². The van der Waals surface area contributed by atoms with Crippen LogP contribution >= 0.6 is 0 Å². The largest absolute Gasteiger partial charge is 0.494 e. The Bertz CT molecular complexity index is 350. The summed E-state index contributed by atoms with van der Waals surface area (Å²) in [6.07, 6.45) is 4.50. The second kappa shape index (κ2) is 8.94. The molecule has 3 N–H and O–H groups in total. The summed E-state index contributed by atoms with van der Waals surface area (Å²) in [4.78, 5) is 0. The summed E-state index contributed by atoms with van der Waals surface area (Å²) in [5, 5.41) is 0. The van der Waals surface area contributed by atoms with Gasteiger partial charge in [-0.1, -0.05) is 38.8 Å². The van der Waals surface area contributed by atoms with Gasteiger partial charge in [-0.25, -0.2) is 0 Å². The highest BCUT2D eigenvalue weighted by molar-refractivity contribution is 5.27. The van der Waals surface area contributed by atoms with Gasteiger partial charge < -0.3 is 4.74 Å². The molecule has 1 aromatic carbocycles. The first-order chi connectivity index (χ1) is 9.19. The molecule has 0 aliphatic rings. The van der Waals surface area contributed by atoms with E-state index in [1.165, 1.54) is 18.4 Å². The van der Waals surface area contributed by atoms with Crippen LogP contribution in [0, 0.1) is 12.8 Å². The number of ether oxygens (including phenoxy) is 1. The Morgan fingerprint density at radius 3 is 2.58 bits per heavy atom. The standard InChI is InChI=1S/C16H28N2O/c1-4-14(5-2)12-15(18-17)9-10-19-16-8-6-7-13(3)11-16/h6-8,11,14-15,18H,4-5,9-10,12,17H2,1-3H3. The van der Waals surface area contributed by atoms with E-state index in [2.05, 4.69) is 38.3 Å². The zero-order valence-corrected chi connectivity index (χ0v) is 12.5. The Morgan fingerprint density at radius 2 is 2.00 bits per heavy atom. The predicted octanol–water partition coefficient (Wildman–Crippen LogP) is 3.42. The fraction of sp³-hybridized carbons (Fsp3) is 0.625. The van der Waals surface area contributed by atoms with Gasteiger partial charge in [0.15, 0.2) is 0 Å². The van der Waals surface area contributed by atoms with Crippen LogP contribution in [0.2, 0.25) is 0 Å². The molecule has 1 unspecified atom stereocenters. The number of benzene rings is 1. The van der Waals surface area contributed by atoms with Crippen molar-refractivity contribution in [2.45, 2.75) is 52.5 Å². The molecule has 0 radical (unpaired) electrons. The van der Waals surface area contributed by atoms with E-state index >= 15 is 0 Å². The van der Waals surface area contributed by atoms with E-state index in [0.29, 0.717) is 12.6 Å². The van der Waals surface area contributed by atoms with Crippen molar-refractivity contribution < 1.29 is 4.74 Å². The molecule has 0 spiro atoms. The second-order valence-electron chi connectivity index (χ2n) is 5.24. The van der Waals surface area contributed by atoms with E-state index in [9.17, 15) is 0 Å². The third-order valence-corrected chi connectivity index (χ3v) is 3.73. The summed E-state index contributed by atoms with van der Waals surface area (Å²) in [5.41, 5.74) is 4.14. The van der Waals surface area contributed by atoms with Gasteiger partial charge in [-0.15, -0.1) is 0 Å². The summed E-state index contributed by atoms with van der Waals surface area (Å²) in [7, 11) is 0. The van der Waals surface area contributed by atoms with Crippen LogP contribution in [-0.4, -0.2) is 12.6 Å². The molecule has 3 nitrogen and oxygen atoms in total. The van der Waals surface area contributed by atoms with Gasteiger partial charge in [0.1, 0.15) is 5.75 Å². The molecule has 3 heteroatoms. The lowest BCUT2D eigenvalue weighted by molar-refractivity contribution is 0.264. The number of nitrogens with one attached hydrogen (secondary N) is 1. The Morgan fingerprint density at radius 1 is 1.26 bits per heavy atom. The number of hydrogen-bond donors (Lipinski definition) is 2. The molecule has 108 valence electrons. The summed E-state index contributed by atoms with van der Waals surface area (Å²) in [6.45, 7) is 7.26. The topological polar surface area (TPSA) is 47.3 Å². The first-order valence-electron chi connectivity index (χ1n) is 7.35. The van der Waals surface area contributed by atoms with Crippen molar-refractivity contribution >= 4 is 0 Å². The third-order valence-electron chi connectivity index (χ3n) is 3.73. The maximum Gasteiger partial charge on any atom is 0.119 e. The van der Waals surface area contributed by atoms with Gasteiger partial charge >= 0.3 is 0 Å². The van der Waals surface area contributed by atoms with Gasteiger partial charge in [0.25, 0.3) is 0 Å². The first kappa shape index (κ1) is 16.0. The molecule has 1 aromatic rings. The fourth-order valence-electron chi connectivity index (χ4n) is 2.32. The highest BCUT2D eigenvalue weighted by Gasteiger charge is 2.12. The molecule has 1 rings (SSSR count). The van der Waals surface area contributed by atoms with Crippen LogP contribution in [0.3, 0.4) is 0 Å². The van der Waals surface area contributed by atoms with Gasteiger partial charge in [0.2, 0.25) is 0 Å². The predicted molar refractivity (Wildman–Crippen MR) is 81.1 cm³/mol. The molecule has 0 fully saturated rings. The Hall–Kier alpha value is -1.06. The van der Waals surface area contributed by atoms with Crippen molar-refractivity contribution in [1.82, 2.24) is 5.43 Å². The van der Waals surface area contributed by atoms with Crippen molar-refractivity contribution in [2.75, 3.05) is 6.61 Å². The monoisotopic (exact) mass is 264 g/mol. The fourth-order valence-corrected chi connectivity index (χ4v) is 2.32. The average molecular weight is 264 g/mol. The third kappa shape index (κ3) is 6.08. The highest BCUT2D eigenvalue weighted by Crippen LogP contribution is 2.17. The Labute approximate surface area is 117 Å². The number of hydrazine groups is 1. The maximum atomic E-state index is 5.77. The van der Waals surface area contributed by atoms with E-state index in [1.807, 2.05) is 12.1 Å². The van der Waals surface area contributed by atoms with Crippen LogP contribution in [0.5, 0.6) is 5.75 Å².